The second kappa shape index (κ2) is 7.46. The number of aryl methyl sites for hydroxylation is 2. The molecular formula is C23H22N6O2. The molecule has 0 atom stereocenters. The first kappa shape index (κ1) is 19.2. The number of carbonyl (C=O) groups excluding carboxylic acids is 1. The summed E-state index contributed by atoms with van der Waals surface area (Å²) in [7, 11) is 0. The number of aromatic nitrogens is 5. The summed E-state index contributed by atoms with van der Waals surface area (Å²) >= 11 is 0. The second-order valence-electron chi connectivity index (χ2n) is 8.00. The zero-order chi connectivity index (χ0) is 21.5. The molecule has 5 rings (SSSR count). The quantitative estimate of drug-likeness (QED) is 0.553. The highest BCUT2D eigenvalue weighted by Gasteiger charge is 2.35. The number of H-pyrrole nitrogens is 1. The van der Waals surface area contributed by atoms with Gasteiger partial charge in [-0.3, -0.25) is 19.6 Å². The number of hydrogen-bond acceptors (Lipinski definition) is 5. The second-order valence-corrected chi connectivity index (χ2v) is 8.00. The van der Waals surface area contributed by atoms with E-state index in [0.717, 1.165) is 22.6 Å². The molecule has 156 valence electrons. The number of likely N-dealkylation sites (tertiary alicyclic amines) is 1. The summed E-state index contributed by atoms with van der Waals surface area (Å²) in [6, 6.07) is 9.67. The van der Waals surface area contributed by atoms with Gasteiger partial charge in [-0.05, 0) is 37.6 Å². The van der Waals surface area contributed by atoms with Crippen molar-refractivity contribution in [1.29, 1.82) is 0 Å². The summed E-state index contributed by atoms with van der Waals surface area (Å²) < 4.78 is 1.51. The van der Waals surface area contributed by atoms with Crippen LogP contribution in [0.2, 0.25) is 0 Å². The fourth-order valence-corrected chi connectivity index (χ4v) is 3.87. The lowest BCUT2D eigenvalue weighted by atomic mass is 9.97. The van der Waals surface area contributed by atoms with Crippen molar-refractivity contribution >= 4 is 16.9 Å². The van der Waals surface area contributed by atoms with Crippen LogP contribution in [0.25, 0.3) is 11.0 Å². The Morgan fingerprint density at radius 3 is 2.68 bits per heavy atom. The van der Waals surface area contributed by atoms with Gasteiger partial charge in [-0.2, -0.15) is 0 Å². The number of nitrogens with one attached hydrogen (secondary N) is 1. The van der Waals surface area contributed by atoms with Gasteiger partial charge in [0.1, 0.15) is 11.4 Å². The van der Waals surface area contributed by atoms with Crippen LogP contribution < -0.4 is 5.56 Å². The molecule has 1 aliphatic rings. The lowest BCUT2D eigenvalue weighted by Crippen LogP contribution is -2.50. The van der Waals surface area contributed by atoms with E-state index in [1.165, 1.54) is 4.57 Å². The summed E-state index contributed by atoms with van der Waals surface area (Å²) in [5.41, 5.74) is 3.97. The van der Waals surface area contributed by atoms with Crippen molar-refractivity contribution in [3.05, 3.63) is 87.6 Å². The van der Waals surface area contributed by atoms with Crippen LogP contribution in [0.3, 0.4) is 0 Å². The third kappa shape index (κ3) is 3.50. The van der Waals surface area contributed by atoms with Crippen molar-refractivity contribution in [3.8, 4) is 0 Å². The van der Waals surface area contributed by atoms with Gasteiger partial charge in [0, 0.05) is 25.5 Å². The summed E-state index contributed by atoms with van der Waals surface area (Å²) in [6.07, 6.45) is 5.01. The van der Waals surface area contributed by atoms with Crippen molar-refractivity contribution in [1.82, 2.24) is 29.4 Å². The minimum atomic E-state index is -0.306. The molecule has 0 aliphatic carbocycles. The largest absolute Gasteiger partial charge is 0.342 e. The van der Waals surface area contributed by atoms with Crippen molar-refractivity contribution in [3.63, 3.8) is 0 Å². The molecule has 0 spiro atoms. The van der Waals surface area contributed by atoms with Gasteiger partial charge in [0.25, 0.3) is 11.5 Å². The van der Waals surface area contributed by atoms with Gasteiger partial charge in [-0.1, -0.05) is 12.1 Å². The number of imidazole rings is 1. The maximum atomic E-state index is 13.1. The lowest BCUT2D eigenvalue weighted by Gasteiger charge is -2.38. The SMILES string of the molecule is Cc1cnc(Cn2ccc(C)c(C(=O)N3CC(c4nc5ccccc5[nH]4)C3)c2=O)cn1. The van der Waals surface area contributed by atoms with Crippen molar-refractivity contribution in [2.24, 2.45) is 0 Å². The Hall–Kier alpha value is -3.81. The van der Waals surface area contributed by atoms with Crippen LogP contribution in [0.15, 0.2) is 53.7 Å². The Morgan fingerprint density at radius 1 is 1.13 bits per heavy atom. The zero-order valence-corrected chi connectivity index (χ0v) is 17.4. The normalized spacial score (nSPS) is 14.1. The highest BCUT2D eigenvalue weighted by Crippen LogP contribution is 2.28. The third-order valence-electron chi connectivity index (χ3n) is 5.72. The minimum Gasteiger partial charge on any atom is -0.342 e. The average Bonchev–Trinajstić information content (AvgIpc) is 3.14. The summed E-state index contributed by atoms with van der Waals surface area (Å²) in [6.45, 7) is 5.00. The molecule has 8 nitrogen and oxygen atoms in total. The number of benzene rings is 1. The van der Waals surface area contributed by atoms with E-state index in [1.807, 2.05) is 31.2 Å². The van der Waals surface area contributed by atoms with E-state index in [-0.39, 0.29) is 29.5 Å². The molecule has 0 bridgehead atoms. The van der Waals surface area contributed by atoms with Gasteiger partial charge < -0.3 is 14.5 Å². The lowest BCUT2D eigenvalue weighted by molar-refractivity contribution is 0.0592. The van der Waals surface area contributed by atoms with Gasteiger partial charge in [0.2, 0.25) is 0 Å². The Labute approximate surface area is 178 Å². The van der Waals surface area contributed by atoms with Crippen LogP contribution >= 0.6 is 0 Å². The molecule has 8 heteroatoms. The third-order valence-corrected chi connectivity index (χ3v) is 5.72. The predicted molar refractivity (Wildman–Crippen MR) is 116 cm³/mol. The topological polar surface area (TPSA) is 96.8 Å². The van der Waals surface area contributed by atoms with Crippen molar-refractivity contribution in [2.45, 2.75) is 26.3 Å². The summed E-state index contributed by atoms with van der Waals surface area (Å²) in [5.74, 6) is 0.787. The molecular weight excluding hydrogens is 392 g/mol. The van der Waals surface area contributed by atoms with E-state index >= 15 is 0 Å². The molecule has 3 aromatic heterocycles. The molecule has 1 aliphatic heterocycles. The maximum Gasteiger partial charge on any atom is 0.264 e. The zero-order valence-electron chi connectivity index (χ0n) is 17.4. The molecule has 1 fully saturated rings. The molecule has 0 unspecified atom stereocenters. The van der Waals surface area contributed by atoms with Gasteiger partial charge in [0.15, 0.2) is 0 Å². The van der Waals surface area contributed by atoms with Crippen LogP contribution in [0.5, 0.6) is 0 Å². The maximum absolute atomic E-state index is 13.1. The number of rotatable bonds is 4. The number of amides is 1. The Kier molecular flexibility index (Phi) is 4.62. The number of hydrogen-bond donors (Lipinski definition) is 1. The molecule has 31 heavy (non-hydrogen) atoms. The van der Waals surface area contributed by atoms with E-state index in [2.05, 4.69) is 19.9 Å². The average molecular weight is 414 g/mol. The van der Waals surface area contributed by atoms with E-state index in [9.17, 15) is 9.59 Å². The van der Waals surface area contributed by atoms with Crippen LogP contribution in [-0.2, 0) is 6.54 Å². The number of aromatic amines is 1. The van der Waals surface area contributed by atoms with E-state index in [4.69, 9.17) is 0 Å². The summed E-state index contributed by atoms with van der Waals surface area (Å²) in [5, 5.41) is 0. The predicted octanol–water partition coefficient (Wildman–Crippen LogP) is 2.42. The molecule has 4 heterocycles. The monoisotopic (exact) mass is 414 g/mol. The van der Waals surface area contributed by atoms with Crippen molar-refractivity contribution in [2.75, 3.05) is 13.1 Å². The van der Waals surface area contributed by atoms with Crippen LogP contribution in [-0.4, -0.2) is 48.4 Å². The van der Waals surface area contributed by atoms with Gasteiger partial charge in [0.05, 0.1) is 41.1 Å². The fourth-order valence-electron chi connectivity index (χ4n) is 3.87. The molecule has 4 aromatic rings. The van der Waals surface area contributed by atoms with E-state index < -0.39 is 0 Å². The first-order valence-electron chi connectivity index (χ1n) is 10.2. The van der Waals surface area contributed by atoms with E-state index in [0.29, 0.717) is 24.3 Å². The Morgan fingerprint density at radius 2 is 1.94 bits per heavy atom. The van der Waals surface area contributed by atoms with E-state index in [1.54, 1.807) is 36.5 Å². The highest BCUT2D eigenvalue weighted by molar-refractivity contribution is 5.96. The number of nitrogens with zero attached hydrogens (tertiary/aromatic N) is 5. The fraction of sp³-hybridized carbons (Fsp3) is 0.261. The number of fused-ring (bicyclic) bond motifs is 1. The van der Waals surface area contributed by atoms with Crippen molar-refractivity contribution < 1.29 is 4.79 Å². The molecule has 0 saturated carbocycles. The smallest absolute Gasteiger partial charge is 0.264 e. The number of carbonyl (C=O) groups is 1. The van der Waals surface area contributed by atoms with Crippen LogP contribution in [0.1, 0.15) is 39.1 Å². The Bertz CT molecular complexity index is 1300. The number of para-hydroxylation sites is 2. The van der Waals surface area contributed by atoms with Gasteiger partial charge in [-0.25, -0.2) is 4.98 Å². The minimum absolute atomic E-state index is 0.144. The Balaban J connectivity index is 1.34. The summed E-state index contributed by atoms with van der Waals surface area (Å²) in [4.78, 5) is 44.4. The van der Waals surface area contributed by atoms with Gasteiger partial charge in [-0.15, -0.1) is 0 Å². The standard InChI is InChI=1S/C23H22N6O2/c1-14-7-8-28(13-17-10-24-15(2)9-25-17)22(30)20(14)23(31)29-11-16(12-29)21-26-18-5-3-4-6-19(18)27-21/h3-10,16H,11-13H2,1-2H3,(H,26,27). The first-order valence-corrected chi connectivity index (χ1v) is 10.2. The first-order chi connectivity index (χ1) is 15.0. The van der Waals surface area contributed by atoms with Gasteiger partial charge >= 0.3 is 0 Å². The molecule has 0 radical (unpaired) electrons. The molecule has 1 N–H and O–H groups in total. The molecule has 1 saturated heterocycles. The number of pyridine rings is 1. The van der Waals surface area contributed by atoms with Crippen LogP contribution in [0, 0.1) is 13.8 Å². The van der Waals surface area contributed by atoms with Crippen LogP contribution in [0.4, 0.5) is 0 Å². The molecule has 1 amide bonds. The molecule has 1 aromatic carbocycles. The highest BCUT2D eigenvalue weighted by atomic mass is 16.2.